The Balaban J connectivity index is 1.90. The van der Waals surface area contributed by atoms with E-state index in [1.807, 2.05) is 12.1 Å². The molecule has 1 heterocycles. The Hall–Kier alpha value is -0.800. The summed E-state index contributed by atoms with van der Waals surface area (Å²) < 4.78 is 12.3. The van der Waals surface area contributed by atoms with E-state index in [0.29, 0.717) is 0 Å². The molecule has 3 heteroatoms. The summed E-state index contributed by atoms with van der Waals surface area (Å²) in [5.74, 6) is 0.876. The van der Waals surface area contributed by atoms with Gasteiger partial charge in [0, 0.05) is 12.8 Å². The first-order valence-corrected chi connectivity index (χ1v) is 6.74. The minimum atomic E-state index is -0.0688. The van der Waals surface area contributed by atoms with Crippen LogP contribution in [0.15, 0.2) is 35.3 Å². The maximum Gasteiger partial charge on any atom is 0.199 e. The van der Waals surface area contributed by atoms with Crippen LogP contribution in [0.3, 0.4) is 0 Å². The average molecular weight is 297 g/mol. The van der Waals surface area contributed by atoms with E-state index in [1.165, 1.54) is 12.0 Å². The molecule has 2 rings (SSSR count). The molecule has 1 aliphatic rings. The van der Waals surface area contributed by atoms with Gasteiger partial charge in [0.2, 0.25) is 0 Å². The summed E-state index contributed by atoms with van der Waals surface area (Å²) in [6.45, 7) is 4.64. The van der Waals surface area contributed by atoms with Gasteiger partial charge in [0.1, 0.15) is 5.75 Å². The number of rotatable bonds is 4. The Labute approximate surface area is 111 Å². The van der Waals surface area contributed by atoms with E-state index in [4.69, 9.17) is 9.47 Å². The van der Waals surface area contributed by atoms with Crippen molar-refractivity contribution in [2.24, 2.45) is 0 Å². The van der Waals surface area contributed by atoms with Crippen LogP contribution in [0.1, 0.15) is 24.8 Å². The zero-order valence-electron chi connectivity index (χ0n) is 9.82. The zero-order valence-corrected chi connectivity index (χ0v) is 11.4. The Morgan fingerprint density at radius 1 is 1.35 bits per heavy atom. The van der Waals surface area contributed by atoms with Gasteiger partial charge in [-0.2, -0.15) is 0 Å². The second-order valence-corrected chi connectivity index (χ2v) is 5.37. The third-order valence-electron chi connectivity index (χ3n) is 2.72. The summed E-state index contributed by atoms with van der Waals surface area (Å²) in [4.78, 5) is 0. The molecule has 0 aromatic heterocycles. The van der Waals surface area contributed by atoms with Crippen molar-refractivity contribution in [1.29, 1.82) is 0 Å². The number of hydrogen-bond donors (Lipinski definition) is 0. The highest BCUT2D eigenvalue weighted by Gasteiger charge is 2.14. The van der Waals surface area contributed by atoms with E-state index < -0.39 is 0 Å². The van der Waals surface area contributed by atoms with Crippen molar-refractivity contribution < 1.29 is 9.47 Å². The molecule has 0 amide bonds. The fraction of sp³-hybridized carbons (Fsp3) is 0.429. The summed E-state index contributed by atoms with van der Waals surface area (Å²) in [5.41, 5.74) is 1.23. The van der Waals surface area contributed by atoms with Gasteiger partial charge >= 0.3 is 0 Å². The molecule has 0 saturated carbocycles. The lowest BCUT2D eigenvalue weighted by molar-refractivity contribution is -0.105. The molecule has 17 heavy (non-hydrogen) atoms. The van der Waals surface area contributed by atoms with E-state index in [1.54, 1.807) is 0 Å². The molecule has 0 bridgehead atoms. The summed E-state index contributed by atoms with van der Waals surface area (Å²) in [5, 5.41) is 0. The third-order valence-corrected chi connectivity index (χ3v) is 3.01. The fourth-order valence-corrected chi connectivity index (χ4v) is 2.19. The molecular formula is C14H17BrO2. The molecule has 0 aliphatic carbocycles. The Morgan fingerprint density at radius 3 is 2.71 bits per heavy atom. The monoisotopic (exact) mass is 296 g/mol. The van der Waals surface area contributed by atoms with Crippen molar-refractivity contribution >= 4 is 15.9 Å². The highest BCUT2D eigenvalue weighted by molar-refractivity contribution is 9.11. The van der Waals surface area contributed by atoms with E-state index in [0.717, 1.165) is 36.1 Å². The lowest BCUT2D eigenvalue weighted by atomic mass is 10.1. The molecule has 1 fully saturated rings. The zero-order chi connectivity index (χ0) is 12.1. The van der Waals surface area contributed by atoms with Crippen LogP contribution in [-0.4, -0.2) is 12.9 Å². The standard InChI is InChI=1S/C14H17BrO2/c1-11(15)10-12-5-7-13(8-6-12)17-14-4-2-3-9-16-14/h5-8,14H,1-4,9-10H2/t14-/m1/s1. The molecule has 1 aromatic carbocycles. The van der Waals surface area contributed by atoms with Crippen molar-refractivity contribution in [3.63, 3.8) is 0 Å². The van der Waals surface area contributed by atoms with Crippen LogP contribution in [0.2, 0.25) is 0 Å². The normalized spacial score (nSPS) is 19.9. The second-order valence-electron chi connectivity index (χ2n) is 4.25. The molecule has 92 valence electrons. The number of allylic oxidation sites excluding steroid dienone is 1. The Bertz CT molecular complexity index is 366. The summed E-state index contributed by atoms with van der Waals surface area (Å²) in [7, 11) is 0. The second kappa shape index (κ2) is 6.22. The van der Waals surface area contributed by atoms with Crippen LogP contribution in [0.25, 0.3) is 0 Å². The van der Waals surface area contributed by atoms with Gasteiger partial charge in [0.25, 0.3) is 0 Å². The quantitative estimate of drug-likeness (QED) is 0.835. The van der Waals surface area contributed by atoms with Gasteiger partial charge in [-0.1, -0.05) is 34.6 Å². The van der Waals surface area contributed by atoms with Crippen LogP contribution in [-0.2, 0) is 11.2 Å². The molecule has 0 spiro atoms. The Morgan fingerprint density at radius 2 is 2.12 bits per heavy atom. The highest BCUT2D eigenvalue weighted by Crippen LogP contribution is 2.20. The number of benzene rings is 1. The van der Waals surface area contributed by atoms with Gasteiger partial charge in [0.05, 0.1) is 6.61 Å². The number of hydrogen-bond acceptors (Lipinski definition) is 2. The molecule has 1 saturated heterocycles. The van der Waals surface area contributed by atoms with E-state index in [9.17, 15) is 0 Å². The molecule has 2 nitrogen and oxygen atoms in total. The number of halogens is 1. The van der Waals surface area contributed by atoms with Gasteiger partial charge < -0.3 is 9.47 Å². The van der Waals surface area contributed by atoms with Gasteiger partial charge in [-0.15, -0.1) is 0 Å². The van der Waals surface area contributed by atoms with E-state index >= 15 is 0 Å². The third kappa shape index (κ3) is 4.17. The van der Waals surface area contributed by atoms with Gasteiger partial charge in [0.15, 0.2) is 6.29 Å². The molecular weight excluding hydrogens is 280 g/mol. The van der Waals surface area contributed by atoms with Gasteiger partial charge in [-0.05, 0) is 35.0 Å². The van der Waals surface area contributed by atoms with Crippen LogP contribution >= 0.6 is 15.9 Å². The summed E-state index contributed by atoms with van der Waals surface area (Å²) in [6.07, 6.45) is 4.10. The van der Waals surface area contributed by atoms with Crippen molar-refractivity contribution in [3.8, 4) is 5.75 Å². The van der Waals surface area contributed by atoms with Crippen molar-refractivity contribution in [3.05, 3.63) is 40.9 Å². The Kier molecular flexibility index (Phi) is 4.63. The van der Waals surface area contributed by atoms with Crippen LogP contribution in [0, 0.1) is 0 Å². The van der Waals surface area contributed by atoms with Crippen LogP contribution < -0.4 is 4.74 Å². The highest BCUT2D eigenvalue weighted by atomic mass is 79.9. The van der Waals surface area contributed by atoms with Gasteiger partial charge in [-0.25, -0.2) is 0 Å². The van der Waals surface area contributed by atoms with Crippen molar-refractivity contribution in [2.75, 3.05) is 6.61 Å². The molecule has 0 radical (unpaired) electrons. The summed E-state index contributed by atoms with van der Waals surface area (Å²) >= 11 is 3.36. The van der Waals surface area contributed by atoms with E-state index in [2.05, 4.69) is 34.6 Å². The maximum atomic E-state index is 5.76. The first-order valence-electron chi connectivity index (χ1n) is 5.94. The first-order chi connectivity index (χ1) is 8.24. The topological polar surface area (TPSA) is 18.5 Å². The average Bonchev–Trinajstić information content (AvgIpc) is 2.32. The maximum absolute atomic E-state index is 5.76. The molecule has 0 unspecified atom stereocenters. The largest absolute Gasteiger partial charge is 0.465 e. The number of ether oxygens (including phenoxy) is 2. The SMILES string of the molecule is C=C(Br)Cc1ccc(O[C@@H]2CCCCO2)cc1. The predicted molar refractivity (Wildman–Crippen MR) is 72.4 cm³/mol. The van der Waals surface area contributed by atoms with Crippen LogP contribution in [0.4, 0.5) is 0 Å². The van der Waals surface area contributed by atoms with Crippen molar-refractivity contribution in [1.82, 2.24) is 0 Å². The lowest BCUT2D eigenvalue weighted by Gasteiger charge is -2.23. The van der Waals surface area contributed by atoms with Gasteiger partial charge in [-0.3, -0.25) is 0 Å². The smallest absolute Gasteiger partial charge is 0.199 e. The molecule has 1 aliphatic heterocycles. The predicted octanol–water partition coefficient (Wildman–Crippen LogP) is 4.04. The van der Waals surface area contributed by atoms with Crippen LogP contribution in [0.5, 0.6) is 5.75 Å². The lowest BCUT2D eigenvalue weighted by Crippen LogP contribution is -2.24. The molecule has 1 aromatic rings. The van der Waals surface area contributed by atoms with Crippen molar-refractivity contribution in [2.45, 2.75) is 32.0 Å². The fourth-order valence-electron chi connectivity index (χ4n) is 1.86. The summed E-state index contributed by atoms with van der Waals surface area (Å²) in [6, 6.07) is 8.10. The first kappa shape index (κ1) is 12.7. The minimum absolute atomic E-state index is 0.0688. The molecule has 0 N–H and O–H groups in total. The van der Waals surface area contributed by atoms with E-state index in [-0.39, 0.29) is 6.29 Å². The minimum Gasteiger partial charge on any atom is -0.465 e. The molecule has 1 atom stereocenters.